The van der Waals surface area contributed by atoms with Gasteiger partial charge >= 0.3 is 6.18 Å². The van der Waals surface area contributed by atoms with E-state index in [2.05, 4.69) is 9.97 Å². The minimum Gasteiger partial charge on any atom is -0.439 e. The second kappa shape index (κ2) is 5.59. The van der Waals surface area contributed by atoms with Crippen molar-refractivity contribution < 1.29 is 17.9 Å². The lowest BCUT2D eigenvalue weighted by molar-refractivity contribution is -0.141. The Hall–Kier alpha value is -2.31. The molecule has 0 saturated heterocycles. The number of nitrogens with two attached hydrogens (primary N) is 1. The molecule has 0 bridgehead atoms. The Bertz CT molecular complexity index is 624. The summed E-state index contributed by atoms with van der Waals surface area (Å²) in [4.78, 5) is 6.79. The molecule has 2 N–H and O–H groups in total. The molecule has 2 rings (SSSR count). The Morgan fingerprint density at radius 3 is 2.24 bits per heavy atom. The molecule has 0 saturated carbocycles. The van der Waals surface area contributed by atoms with E-state index in [1.165, 1.54) is 0 Å². The summed E-state index contributed by atoms with van der Waals surface area (Å²) in [5.41, 5.74) is 5.23. The molecule has 4 nitrogen and oxygen atoms in total. The van der Waals surface area contributed by atoms with E-state index in [-0.39, 0.29) is 5.88 Å². The molecule has 0 aliphatic heterocycles. The normalized spacial score (nSPS) is 11.7. The molecule has 112 valence electrons. The molecule has 0 radical (unpaired) electrons. The third kappa shape index (κ3) is 3.84. The number of rotatable bonds is 3. The van der Waals surface area contributed by atoms with E-state index in [9.17, 15) is 13.2 Å². The minimum absolute atomic E-state index is 0.243. The summed E-state index contributed by atoms with van der Waals surface area (Å²) >= 11 is 0. The fourth-order valence-electron chi connectivity index (χ4n) is 1.68. The van der Waals surface area contributed by atoms with E-state index in [1.54, 1.807) is 12.1 Å². The van der Waals surface area contributed by atoms with Gasteiger partial charge in [0, 0.05) is 6.07 Å². The molecule has 2 aromatic rings. The Labute approximate surface area is 119 Å². The zero-order chi connectivity index (χ0) is 15.6. The van der Waals surface area contributed by atoms with Crippen LogP contribution in [0.3, 0.4) is 0 Å². The molecular weight excluding hydrogens is 283 g/mol. The number of nitrogen functional groups attached to an aromatic ring is 1. The van der Waals surface area contributed by atoms with E-state index in [0.717, 1.165) is 5.56 Å². The van der Waals surface area contributed by atoms with E-state index in [1.807, 2.05) is 26.0 Å². The van der Waals surface area contributed by atoms with E-state index < -0.39 is 17.8 Å². The summed E-state index contributed by atoms with van der Waals surface area (Å²) in [7, 11) is 0. The highest BCUT2D eigenvalue weighted by Crippen LogP contribution is 2.31. The van der Waals surface area contributed by atoms with Crippen LogP contribution in [0.1, 0.15) is 31.0 Å². The van der Waals surface area contributed by atoms with Crippen LogP contribution in [0.2, 0.25) is 0 Å². The summed E-state index contributed by atoms with van der Waals surface area (Å²) in [6.45, 7) is 4.08. The maximum atomic E-state index is 12.6. The van der Waals surface area contributed by atoms with Gasteiger partial charge in [-0.25, -0.2) is 4.98 Å². The Morgan fingerprint density at radius 2 is 1.71 bits per heavy atom. The number of halogens is 3. The standard InChI is InChI=1S/C14H14F3N3O/c1-8(2)9-3-5-10(6-4-9)21-12-7-11(14(15,16)17)19-13(18)20-12/h3-8H,1-2H3,(H2,18,19,20). The molecule has 7 heteroatoms. The predicted molar refractivity (Wildman–Crippen MR) is 72.1 cm³/mol. The maximum absolute atomic E-state index is 12.6. The number of anilines is 1. The third-order valence-electron chi connectivity index (χ3n) is 2.78. The number of nitrogens with zero attached hydrogens (tertiary/aromatic N) is 2. The van der Waals surface area contributed by atoms with Crippen LogP contribution in [0.4, 0.5) is 19.1 Å². The Kier molecular flexibility index (Phi) is 4.02. The van der Waals surface area contributed by atoms with Crippen molar-refractivity contribution in [2.24, 2.45) is 0 Å². The zero-order valence-electron chi connectivity index (χ0n) is 11.5. The lowest BCUT2D eigenvalue weighted by Gasteiger charge is -2.10. The fraction of sp³-hybridized carbons (Fsp3) is 0.286. The number of aromatic nitrogens is 2. The van der Waals surface area contributed by atoms with Crippen LogP contribution >= 0.6 is 0 Å². The molecule has 1 aromatic heterocycles. The average molecular weight is 297 g/mol. The molecule has 0 spiro atoms. The van der Waals surface area contributed by atoms with Gasteiger partial charge in [0.2, 0.25) is 11.8 Å². The van der Waals surface area contributed by atoms with Crippen molar-refractivity contribution in [3.8, 4) is 11.6 Å². The summed E-state index contributed by atoms with van der Waals surface area (Å²) in [5.74, 6) is 0.00180. The summed E-state index contributed by atoms with van der Waals surface area (Å²) in [6.07, 6.45) is -4.60. The molecule has 0 fully saturated rings. The van der Waals surface area contributed by atoms with Gasteiger partial charge in [-0.3, -0.25) is 0 Å². The molecule has 21 heavy (non-hydrogen) atoms. The highest BCUT2D eigenvalue weighted by Gasteiger charge is 2.33. The molecule has 0 unspecified atom stereocenters. The van der Waals surface area contributed by atoms with Crippen molar-refractivity contribution in [1.82, 2.24) is 9.97 Å². The molecular formula is C14H14F3N3O. The van der Waals surface area contributed by atoms with Gasteiger partial charge in [0.1, 0.15) is 5.75 Å². The number of hydrogen-bond donors (Lipinski definition) is 1. The van der Waals surface area contributed by atoms with Gasteiger partial charge in [0.15, 0.2) is 5.69 Å². The first kappa shape index (κ1) is 15.1. The van der Waals surface area contributed by atoms with Crippen LogP contribution in [0.15, 0.2) is 30.3 Å². The SMILES string of the molecule is CC(C)c1ccc(Oc2cc(C(F)(F)F)nc(N)n2)cc1. The van der Waals surface area contributed by atoms with Gasteiger partial charge in [-0.05, 0) is 23.6 Å². The van der Waals surface area contributed by atoms with Gasteiger partial charge in [0.05, 0.1) is 0 Å². The van der Waals surface area contributed by atoms with Crippen LogP contribution in [0.5, 0.6) is 11.6 Å². The first-order valence-electron chi connectivity index (χ1n) is 6.25. The van der Waals surface area contributed by atoms with Crippen LogP contribution in [0.25, 0.3) is 0 Å². The molecule has 0 amide bonds. The van der Waals surface area contributed by atoms with Crippen molar-refractivity contribution in [2.75, 3.05) is 5.73 Å². The summed E-state index contributed by atoms with van der Waals surface area (Å²) < 4.78 is 43.2. The second-order valence-electron chi connectivity index (χ2n) is 4.77. The van der Waals surface area contributed by atoms with Gasteiger partial charge in [-0.2, -0.15) is 18.2 Å². The first-order chi connectivity index (χ1) is 9.75. The maximum Gasteiger partial charge on any atom is 0.433 e. The largest absolute Gasteiger partial charge is 0.439 e. The summed E-state index contributed by atoms with van der Waals surface area (Å²) in [5, 5.41) is 0. The van der Waals surface area contributed by atoms with Gasteiger partial charge in [-0.1, -0.05) is 26.0 Å². The quantitative estimate of drug-likeness (QED) is 0.930. The van der Waals surface area contributed by atoms with Crippen LogP contribution in [-0.4, -0.2) is 9.97 Å². The average Bonchev–Trinajstić information content (AvgIpc) is 2.37. The third-order valence-corrected chi connectivity index (χ3v) is 2.78. The topological polar surface area (TPSA) is 61.0 Å². The van der Waals surface area contributed by atoms with Crippen molar-refractivity contribution in [3.05, 3.63) is 41.6 Å². The van der Waals surface area contributed by atoms with Gasteiger partial charge in [0.25, 0.3) is 0 Å². The Morgan fingerprint density at radius 1 is 1.10 bits per heavy atom. The van der Waals surface area contributed by atoms with Crippen LogP contribution < -0.4 is 10.5 Å². The molecule has 0 aliphatic rings. The minimum atomic E-state index is -4.60. The van der Waals surface area contributed by atoms with Gasteiger partial charge in [-0.15, -0.1) is 0 Å². The first-order valence-corrected chi connectivity index (χ1v) is 6.25. The highest BCUT2D eigenvalue weighted by atomic mass is 19.4. The lowest BCUT2D eigenvalue weighted by Crippen LogP contribution is -2.11. The highest BCUT2D eigenvalue weighted by molar-refractivity contribution is 5.34. The molecule has 1 aromatic carbocycles. The second-order valence-corrected chi connectivity index (χ2v) is 4.77. The van der Waals surface area contributed by atoms with Crippen molar-refractivity contribution >= 4 is 5.95 Å². The van der Waals surface area contributed by atoms with Crippen molar-refractivity contribution in [3.63, 3.8) is 0 Å². The predicted octanol–water partition coefficient (Wildman–Crippen LogP) is 3.99. The molecule has 0 aliphatic carbocycles. The number of alkyl halides is 3. The van der Waals surface area contributed by atoms with Crippen LogP contribution in [-0.2, 0) is 6.18 Å². The zero-order valence-corrected chi connectivity index (χ0v) is 11.5. The monoisotopic (exact) mass is 297 g/mol. The summed E-state index contributed by atoms with van der Waals surface area (Å²) in [6, 6.07) is 7.74. The fourth-order valence-corrected chi connectivity index (χ4v) is 1.68. The number of ether oxygens (including phenoxy) is 1. The van der Waals surface area contributed by atoms with E-state index in [4.69, 9.17) is 10.5 Å². The van der Waals surface area contributed by atoms with E-state index >= 15 is 0 Å². The number of benzene rings is 1. The lowest BCUT2D eigenvalue weighted by atomic mass is 10.0. The smallest absolute Gasteiger partial charge is 0.433 e. The molecule has 1 heterocycles. The van der Waals surface area contributed by atoms with Crippen molar-refractivity contribution in [1.29, 1.82) is 0 Å². The van der Waals surface area contributed by atoms with E-state index in [0.29, 0.717) is 17.7 Å². The molecule has 0 atom stereocenters. The Balaban J connectivity index is 2.25. The van der Waals surface area contributed by atoms with Gasteiger partial charge < -0.3 is 10.5 Å². The van der Waals surface area contributed by atoms with Crippen molar-refractivity contribution in [2.45, 2.75) is 25.9 Å². The van der Waals surface area contributed by atoms with Crippen LogP contribution in [0, 0.1) is 0 Å². The number of hydrogen-bond acceptors (Lipinski definition) is 4.